The minimum absolute atomic E-state index is 0.0834. The summed E-state index contributed by atoms with van der Waals surface area (Å²) in [5, 5.41) is 8.02. The molecule has 0 bridgehead atoms. The summed E-state index contributed by atoms with van der Waals surface area (Å²) in [6.07, 6.45) is 5.63. The molecule has 9 heteroatoms. The van der Waals surface area contributed by atoms with Gasteiger partial charge in [-0.1, -0.05) is 6.07 Å². The molecule has 2 saturated heterocycles. The van der Waals surface area contributed by atoms with E-state index in [2.05, 4.69) is 25.1 Å². The molecule has 0 N–H and O–H groups in total. The molecular weight excluding hydrogens is 385 g/mol. The summed E-state index contributed by atoms with van der Waals surface area (Å²) in [5.41, 5.74) is 2.18. The van der Waals surface area contributed by atoms with Crippen molar-refractivity contribution >= 4 is 11.7 Å². The lowest BCUT2D eigenvalue weighted by molar-refractivity contribution is 0.0590. The minimum Gasteiger partial charge on any atom is -0.350 e. The number of nitrogens with zero attached hydrogens (tertiary/aromatic N) is 7. The predicted octanol–water partition coefficient (Wildman–Crippen LogP) is 2.16. The van der Waals surface area contributed by atoms with Gasteiger partial charge in [0.2, 0.25) is 0 Å². The maximum Gasteiger partial charge on any atom is 0.256 e. The fourth-order valence-corrected chi connectivity index (χ4v) is 4.30. The normalized spacial score (nSPS) is 20.6. The number of anilines is 1. The fourth-order valence-electron chi connectivity index (χ4n) is 4.30. The Morgan fingerprint density at radius 2 is 1.93 bits per heavy atom. The van der Waals surface area contributed by atoms with Crippen molar-refractivity contribution in [3.8, 4) is 5.69 Å². The summed E-state index contributed by atoms with van der Waals surface area (Å²) >= 11 is 0. The third-order valence-electron chi connectivity index (χ3n) is 6.15. The number of rotatable bonds is 3. The Morgan fingerprint density at radius 1 is 1.13 bits per heavy atom. The monoisotopic (exact) mass is 407 g/mol. The number of para-hydroxylation sites is 1. The topological polar surface area (TPSA) is 80.0 Å². The first-order valence-electron chi connectivity index (χ1n) is 10.0. The van der Waals surface area contributed by atoms with Gasteiger partial charge in [-0.2, -0.15) is 10.2 Å². The van der Waals surface area contributed by atoms with Gasteiger partial charge in [-0.3, -0.25) is 9.78 Å². The van der Waals surface area contributed by atoms with Crippen molar-refractivity contribution in [1.29, 1.82) is 0 Å². The Bertz CT molecular complexity index is 1100. The van der Waals surface area contributed by atoms with Crippen molar-refractivity contribution in [1.82, 2.24) is 29.9 Å². The highest BCUT2D eigenvalue weighted by molar-refractivity contribution is 5.98. The standard InChI is InChI=1S/C21H22FN7O/c1-13-14(2)26-19(10-23-13)28-11-15-6-9-27(12-18(15)28)21(30)16-4-3-5-17(22)20(16)29-24-7-8-25-29/h3-5,7-8,10,15,18H,6,9,11-12H2,1-2H3. The van der Waals surface area contributed by atoms with Crippen molar-refractivity contribution in [3.63, 3.8) is 0 Å². The quantitative estimate of drug-likeness (QED) is 0.662. The van der Waals surface area contributed by atoms with Gasteiger partial charge in [-0.05, 0) is 32.4 Å². The Labute approximate surface area is 173 Å². The number of benzene rings is 1. The number of aryl methyl sites for hydroxylation is 2. The van der Waals surface area contributed by atoms with Crippen LogP contribution in [0.5, 0.6) is 0 Å². The molecule has 154 valence electrons. The first kappa shape index (κ1) is 18.7. The molecule has 2 aliphatic rings. The highest BCUT2D eigenvalue weighted by atomic mass is 19.1. The average molecular weight is 407 g/mol. The molecule has 2 aliphatic heterocycles. The van der Waals surface area contributed by atoms with Crippen LogP contribution < -0.4 is 4.90 Å². The summed E-state index contributed by atoms with van der Waals surface area (Å²) in [6, 6.07) is 4.68. The third kappa shape index (κ3) is 3.01. The molecule has 2 aromatic heterocycles. The Hall–Kier alpha value is -3.36. The second kappa shape index (κ2) is 7.16. The molecule has 2 atom stereocenters. The van der Waals surface area contributed by atoms with Gasteiger partial charge in [-0.25, -0.2) is 9.37 Å². The van der Waals surface area contributed by atoms with Gasteiger partial charge >= 0.3 is 0 Å². The molecule has 0 spiro atoms. The van der Waals surface area contributed by atoms with Crippen LogP contribution in [0.15, 0.2) is 36.8 Å². The molecule has 2 fully saturated rings. The zero-order valence-electron chi connectivity index (χ0n) is 16.9. The summed E-state index contributed by atoms with van der Waals surface area (Å²) in [5.74, 6) is 0.638. The Morgan fingerprint density at radius 3 is 2.70 bits per heavy atom. The number of halogens is 1. The second-order valence-corrected chi connectivity index (χ2v) is 7.87. The summed E-state index contributed by atoms with van der Waals surface area (Å²) < 4.78 is 14.5. The van der Waals surface area contributed by atoms with Crippen molar-refractivity contribution in [3.05, 3.63) is 59.6 Å². The number of carbonyl (C=O) groups excluding carboxylic acids is 1. The van der Waals surface area contributed by atoms with E-state index in [1.807, 2.05) is 13.8 Å². The summed E-state index contributed by atoms with van der Waals surface area (Å²) in [6.45, 7) is 6.04. The maximum absolute atomic E-state index is 14.5. The molecule has 4 heterocycles. The number of carbonyl (C=O) groups is 1. The Balaban J connectivity index is 1.40. The minimum atomic E-state index is -0.525. The fraction of sp³-hybridized carbons (Fsp3) is 0.381. The van der Waals surface area contributed by atoms with Gasteiger partial charge in [0.05, 0.1) is 41.6 Å². The number of hydrogen-bond donors (Lipinski definition) is 0. The van der Waals surface area contributed by atoms with Gasteiger partial charge in [0.1, 0.15) is 11.5 Å². The second-order valence-electron chi connectivity index (χ2n) is 7.87. The van der Waals surface area contributed by atoms with Gasteiger partial charge in [0.25, 0.3) is 5.91 Å². The molecule has 30 heavy (non-hydrogen) atoms. The number of hydrogen-bond acceptors (Lipinski definition) is 6. The van der Waals surface area contributed by atoms with E-state index < -0.39 is 5.82 Å². The number of amides is 1. The number of likely N-dealkylation sites (tertiary alicyclic amines) is 1. The van der Waals surface area contributed by atoms with Crippen LogP contribution in [0, 0.1) is 25.6 Å². The van der Waals surface area contributed by atoms with Crippen molar-refractivity contribution in [2.24, 2.45) is 5.92 Å². The molecule has 0 aliphatic carbocycles. The molecule has 5 rings (SSSR count). The molecule has 8 nitrogen and oxygen atoms in total. The van der Waals surface area contributed by atoms with Crippen LogP contribution in [0.25, 0.3) is 5.69 Å². The van der Waals surface area contributed by atoms with Crippen LogP contribution >= 0.6 is 0 Å². The van der Waals surface area contributed by atoms with E-state index in [1.54, 1.807) is 23.2 Å². The first-order valence-corrected chi connectivity index (χ1v) is 10.0. The smallest absolute Gasteiger partial charge is 0.256 e. The molecule has 0 saturated carbocycles. The summed E-state index contributed by atoms with van der Waals surface area (Å²) in [4.78, 5) is 27.6. The van der Waals surface area contributed by atoms with Gasteiger partial charge in [-0.15, -0.1) is 4.80 Å². The molecule has 0 radical (unpaired) electrons. The third-order valence-corrected chi connectivity index (χ3v) is 6.15. The van der Waals surface area contributed by atoms with Crippen molar-refractivity contribution in [2.45, 2.75) is 26.3 Å². The van der Waals surface area contributed by atoms with Crippen LogP contribution in [0.2, 0.25) is 0 Å². The van der Waals surface area contributed by atoms with Gasteiger partial charge in [0.15, 0.2) is 5.82 Å². The molecule has 3 aromatic rings. The zero-order chi connectivity index (χ0) is 20.8. The van der Waals surface area contributed by atoms with Gasteiger partial charge in [0, 0.05) is 25.6 Å². The Kier molecular flexibility index (Phi) is 4.45. The van der Waals surface area contributed by atoms with Crippen LogP contribution in [-0.2, 0) is 0 Å². The lowest BCUT2D eigenvalue weighted by atomic mass is 9.82. The highest BCUT2D eigenvalue weighted by Gasteiger charge is 2.44. The van der Waals surface area contributed by atoms with Gasteiger partial charge < -0.3 is 9.80 Å². The molecule has 2 unspecified atom stereocenters. The molecular formula is C21H22FN7O. The number of fused-ring (bicyclic) bond motifs is 1. The van der Waals surface area contributed by atoms with Crippen molar-refractivity contribution in [2.75, 3.05) is 24.5 Å². The van der Waals surface area contributed by atoms with Crippen molar-refractivity contribution < 1.29 is 9.18 Å². The zero-order valence-corrected chi connectivity index (χ0v) is 16.9. The predicted molar refractivity (Wildman–Crippen MR) is 108 cm³/mol. The first-order chi connectivity index (χ1) is 14.5. The summed E-state index contributed by atoms with van der Waals surface area (Å²) in [7, 11) is 0. The highest BCUT2D eigenvalue weighted by Crippen LogP contribution is 2.36. The van der Waals surface area contributed by atoms with E-state index >= 15 is 0 Å². The molecule has 1 aromatic carbocycles. The SMILES string of the molecule is Cc1ncc(N2CC3CCN(C(=O)c4cccc(F)c4-n4nccn4)CC32)nc1C. The lowest BCUT2D eigenvalue weighted by Gasteiger charge is -2.54. The van der Waals surface area contributed by atoms with E-state index in [1.165, 1.54) is 18.5 Å². The van der Waals surface area contributed by atoms with E-state index in [4.69, 9.17) is 0 Å². The largest absolute Gasteiger partial charge is 0.350 e. The number of piperidine rings is 1. The van der Waals surface area contributed by atoms with Crippen LogP contribution in [0.4, 0.5) is 10.2 Å². The van der Waals surface area contributed by atoms with E-state index in [0.717, 1.165) is 35.0 Å². The van der Waals surface area contributed by atoms with E-state index in [0.29, 0.717) is 19.0 Å². The van der Waals surface area contributed by atoms with E-state index in [9.17, 15) is 9.18 Å². The maximum atomic E-state index is 14.5. The van der Waals surface area contributed by atoms with Crippen LogP contribution in [-0.4, -0.2) is 61.4 Å². The molecule has 1 amide bonds. The number of aromatic nitrogens is 5. The van der Waals surface area contributed by atoms with Crippen LogP contribution in [0.1, 0.15) is 28.2 Å². The average Bonchev–Trinajstić information content (AvgIpc) is 3.25. The van der Waals surface area contributed by atoms with E-state index in [-0.39, 0.29) is 23.2 Å². The van der Waals surface area contributed by atoms with Crippen LogP contribution in [0.3, 0.4) is 0 Å². The lowest BCUT2D eigenvalue weighted by Crippen LogP contribution is -2.65.